The number of benzene rings is 1. The molecule has 1 aromatic heterocycles. The van der Waals surface area contributed by atoms with E-state index in [-0.39, 0.29) is 0 Å². The van der Waals surface area contributed by atoms with Gasteiger partial charge in [-0.1, -0.05) is 12.1 Å². The van der Waals surface area contributed by atoms with Gasteiger partial charge >= 0.3 is 0 Å². The Labute approximate surface area is 137 Å². The first kappa shape index (κ1) is 13.5. The monoisotopic (exact) mass is 306 g/mol. The fourth-order valence-corrected chi connectivity index (χ4v) is 3.94. The lowest BCUT2D eigenvalue weighted by Crippen LogP contribution is -2.38. The molecule has 1 fully saturated rings. The lowest BCUT2D eigenvalue weighted by molar-refractivity contribution is 0.599. The van der Waals surface area contributed by atoms with Crippen LogP contribution in [-0.4, -0.2) is 29.6 Å². The zero-order chi connectivity index (χ0) is 15.2. The molecule has 1 saturated heterocycles. The zero-order valence-corrected chi connectivity index (χ0v) is 13.4. The quantitative estimate of drug-likeness (QED) is 0.925. The van der Waals surface area contributed by atoms with Crippen molar-refractivity contribution in [1.29, 1.82) is 0 Å². The van der Waals surface area contributed by atoms with Gasteiger partial charge in [-0.2, -0.15) is 0 Å². The summed E-state index contributed by atoms with van der Waals surface area (Å²) in [5, 5.41) is 3.45. The van der Waals surface area contributed by atoms with Gasteiger partial charge in [-0.25, -0.2) is 9.97 Å². The van der Waals surface area contributed by atoms with E-state index in [0.29, 0.717) is 0 Å². The number of aromatic nitrogens is 2. The lowest BCUT2D eigenvalue weighted by Gasteiger charge is -2.31. The van der Waals surface area contributed by atoms with Crippen molar-refractivity contribution in [3.8, 4) is 11.3 Å². The van der Waals surface area contributed by atoms with E-state index in [9.17, 15) is 0 Å². The molecule has 4 heteroatoms. The fraction of sp³-hybridized carbons (Fsp3) is 0.474. The van der Waals surface area contributed by atoms with E-state index >= 15 is 0 Å². The van der Waals surface area contributed by atoms with Gasteiger partial charge in [0.25, 0.3) is 0 Å². The fourth-order valence-electron chi connectivity index (χ4n) is 3.94. The van der Waals surface area contributed by atoms with Crippen molar-refractivity contribution in [3.05, 3.63) is 40.6 Å². The summed E-state index contributed by atoms with van der Waals surface area (Å²) in [6, 6.07) is 6.91. The molecule has 1 aromatic carbocycles. The number of hydrogen-bond acceptors (Lipinski definition) is 4. The number of anilines is 1. The average Bonchev–Trinajstić information content (AvgIpc) is 3.00. The molecule has 0 bridgehead atoms. The van der Waals surface area contributed by atoms with Crippen molar-refractivity contribution in [2.45, 2.75) is 38.6 Å². The Morgan fingerprint density at radius 2 is 1.91 bits per heavy atom. The SMILES string of the molecule is c1cc2c(cc1-c1nc(N3CCC3)nc3c1CCC3)CCNC2. The van der Waals surface area contributed by atoms with Crippen LogP contribution in [0.2, 0.25) is 0 Å². The van der Waals surface area contributed by atoms with Crippen LogP contribution in [0.25, 0.3) is 11.3 Å². The molecule has 118 valence electrons. The van der Waals surface area contributed by atoms with Crippen LogP contribution in [0.4, 0.5) is 5.95 Å². The van der Waals surface area contributed by atoms with Crippen LogP contribution in [0.1, 0.15) is 35.2 Å². The molecule has 0 unspecified atom stereocenters. The Hall–Kier alpha value is -1.94. The predicted molar refractivity (Wildman–Crippen MR) is 91.7 cm³/mol. The number of aryl methyl sites for hydroxylation is 1. The number of hydrogen-bond donors (Lipinski definition) is 1. The normalized spacial score (nSPS) is 19.2. The second kappa shape index (κ2) is 5.31. The van der Waals surface area contributed by atoms with Crippen molar-refractivity contribution in [2.75, 3.05) is 24.5 Å². The highest BCUT2D eigenvalue weighted by atomic mass is 15.3. The Kier molecular flexibility index (Phi) is 3.11. The van der Waals surface area contributed by atoms with Gasteiger partial charge in [-0.05, 0) is 55.8 Å². The molecule has 4 nitrogen and oxygen atoms in total. The van der Waals surface area contributed by atoms with E-state index in [0.717, 1.165) is 51.4 Å². The van der Waals surface area contributed by atoms with E-state index in [4.69, 9.17) is 9.97 Å². The zero-order valence-electron chi connectivity index (χ0n) is 13.4. The van der Waals surface area contributed by atoms with Crippen molar-refractivity contribution in [3.63, 3.8) is 0 Å². The third-order valence-electron chi connectivity index (χ3n) is 5.43. The first-order chi connectivity index (χ1) is 11.4. The molecule has 0 radical (unpaired) electrons. The summed E-state index contributed by atoms with van der Waals surface area (Å²) in [5.41, 5.74) is 8.08. The van der Waals surface area contributed by atoms with Crippen LogP contribution in [0, 0.1) is 0 Å². The first-order valence-corrected chi connectivity index (χ1v) is 8.86. The molecule has 0 spiro atoms. The standard InChI is InChI=1S/C19H22N4/c1-3-16-17(4-1)21-19(23-9-2-10-23)22-18(16)14-5-6-15-12-20-8-7-13(15)11-14/h5-6,11,20H,1-4,7-10,12H2. The Morgan fingerprint density at radius 1 is 0.957 bits per heavy atom. The molecule has 0 saturated carbocycles. The second-order valence-electron chi connectivity index (χ2n) is 6.90. The number of nitrogens with zero attached hydrogens (tertiary/aromatic N) is 3. The molecule has 3 heterocycles. The molecule has 0 amide bonds. The second-order valence-corrected chi connectivity index (χ2v) is 6.90. The minimum Gasteiger partial charge on any atom is -0.341 e. The first-order valence-electron chi connectivity index (χ1n) is 8.86. The van der Waals surface area contributed by atoms with E-state index in [2.05, 4.69) is 28.4 Å². The number of nitrogens with one attached hydrogen (secondary N) is 1. The van der Waals surface area contributed by atoms with Crippen LogP contribution >= 0.6 is 0 Å². The van der Waals surface area contributed by atoms with Crippen LogP contribution < -0.4 is 10.2 Å². The van der Waals surface area contributed by atoms with E-state index in [1.165, 1.54) is 46.5 Å². The minimum atomic E-state index is 0.950. The van der Waals surface area contributed by atoms with Gasteiger partial charge in [-0.15, -0.1) is 0 Å². The van der Waals surface area contributed by atoms with E-state index in [1.807, 2.05) is 0 Å². The Morgan fingerprint density at radius 3 is 2.78 bits per heavy atom. The lowest BCUT2D eigenvalue weighted by atomic mass is 9.95. The highest BCUT2D eigenvalue weighted by molar-refractivity contribution is 5.68. The number of fused-ring (bicyclic) bond motifs is 2. The molecule has 1 N–H and O–H groups in total. The van der Waals surface area contributed by atoms with Gasteiger partial charge < -0.3 is 10.2 Å². The molecule has 2 aromatic rings. The smallest absolute Gasteiger partial charge is 0.226 e. The molecule has 5 rings (SSSR count). The summed E-state index contributed by atoms with van der Waals surface area (Å²) in [6.45, 7) is 4.29. The van der Waals surface area contributed by atoms with Gasteiger partial charge in [0.2, 0.25) is 5.95 Å². The van der Waals surface area contributed by atoms with Gasteiger partial charge in [-0.3, -0.25) is 0 Å². The summed E-state index contributed by atoms with van der Waals surface area (Å²) in [4.78, 5) is 12.1. The van der Waals surface area contributed by atoms with E-state index in [1.54, 1.807) is 0 Å². The maximum atomic E-state index is 4.98. The predicted octanol–water partition coefficient (Wildman–Crippen LogP) is 2.49. The highest BCUT2D eigenvalue weighted by Gasteiger charge is 2.25. The summed E-state index contributed by atoms with van der Waals surface area (Å²) in [6.07, 6.45) is 5.84. The molecule has 0 atom stereocenters. The van der Waals surface area contributed by atoms with Crippen molar-refractivity contribution >= 4 is 5.95 Å². The maximum absolute atomic E-state index is 4.98. The van der Waals surface area contributed by atoms with Crippen LogP contribution in [0.5, 0.6) is 0 Å². The summed E-state index contributed by atoms with van der Waals surface area (Å²) >= 11 is 0. The van der Waals surface area contributed by atoms with Crippen molar-refractivity contribution in [1.82, 2.24) is 15.3 Å². The Balaban J connectivity index is 1.62. The summed E-state index contributed by atoms with van der Waals surface area (Å²) in [7, 11) is 0. The Bertz CT molecular complexity index is 764. The maximum Gasteiger partial charge on any atom is 0.226 e. The average molecular weight is 306 g/mol. The van der Waals surface area contributed by atoms with Crippen LogP contribution in [0.3, 0.4) is 0 Å². The minimum absolute atomic E-state index is 0.950. The molecule has 2 aliphatic heterocycles. The third-order valence-corrected chi connectivity index (χ3v) is 5.43. The molecular weight excluding hydrogens is 284 g/mol. The molecule has 23 heavy (non-hydrogen) atoms. The topological polar surface area (TPSA) is 41.1 Å². The molecule has 3 aliphatic rings. The summed E-state index contributed by atoms with van der Waals surface area (Å²) < 4.78 is 0. The van der Waals surface area contributed by atoms with Crippen molar-refractivity contribution in [2.24, 2.45) is 0 Å². The van der Waals surface area contributed by atoms with Crippen LogP contribution in [0.15, 0.2) is 18.2 Å². The van der Waals surface area contributed by atoms with Gasteiger partial charge in [0.15, 0.2) is 0 Å². The van der Waals surface area contributed by atoms with Gasteiger partial charge in [0, 0.05) is 36.5 Å². The summed E-state index contributed by atoms with van der Waals surface area (Å²) in [5.74, 6) is 0.950. The molecule has 1 aliphatic carbocycles. The largest absolute Gasteiger partial charge is 0.341 e. The van der Waals surface area contributed by atoms with Crippen molar-refractivity contribution < 1.29 is 0 Å². The van der Waals surface area contributed by atoms with E-state index < -0.39 is 0 Å². The van der Waals surface area contributed by atoms with Gasteiger partial charge in [0.05, 0.1) is 5.69 Å². The highest BCUT2D eigenvalue weighted by Crippen LogP contribution is 2.33. The molecular formula is C19H22N4. The van der Waals surface area contributed by atoms with Crippen LogP contribution in [-0.2, 0) is 25.8 Å². The van der Waals surface area contributed by atoms with Gasteiger partial charge in [0.1, 0.15) is 0 Å². The third kappa shape index (κ3) is 2.24. The number of rotatable bonds is 2.